The molecule has 1 aromatic carbocycles. The van der Waals surface area contributed by atoms with E-state index in [-0.39, 0.29) is 23.2 Å². The fraction of sp³-hybridized carbons (Fsp3) is 0.429. The number of imidazole rings is 1. The molecule has 1 N–H and O–H groups in total. The smallest absolute Gasteiger partial charge is 0.229 e. The summed E-state index contributed by atoms with van der Waals surface area (Å²) in [6.07, 6.45) is 6.97. The van der Waals surface area contributed by atoms with Gasteiger partial charge in [-0.15, -0.1) is 0 Å². The van der Waals surface area contributed by atoms with Crippen molar-refractivity contribution in [3.63, 3.8) is 0 Å². The molecule has 0 aliphatic carbocycles. The number of anilines is 1. The molecule has 1 atom stereocenters. The van der Waals surface area contributed by atoms with E-state index in [1.807, 2.05) is 31.4 Å². The molecule has 3 aromatic rings. The summed E-state index contributed by atoms with van der Waals surface area (Å²) >= 11 is 0. The van der Waals surface area contributed by atoms with Gasteiger partial charge in [-0.05, 0) is 77.3 Å². The molecule has 196 valence electrons. The number of aromatic nitrogens is 4. The van der Waals surface area contributed by atoms with Crippen molar-refractivity contribution in [2.75, 3.05) is 18.5 Å². The molecule has 1 aliphatic heterocycles. The zero-order chi connectivity index (χ0) is 26.7. The van der Waals surface area contributed by atoms with Crippen molar-refractivity contribution >= 4 is 23.7 Å². The number of hydrogen-bond donors (Lipinski definition) is 1. The third-order valence-electron chi connectivity index (χ3n) is 7.06. The number of hydrogen-bond acceptors (Lipinski definition) is 6. The van der Waals surface area contributed by atoms with Crippen molar-refractivity contribution < 1.29 is 13.5 Å². The van der Waals surface area contributed by atoms with Crippen LogP contribution in [0.15, 0.2) is 46.9 Å². The van der Waals surface area contributed by atoms with Gasteiger partial charge in [0.15, 0.2) is 11.6 Å². The topological polar surface area (TPSA) is 77.2 Å². The predicted molar refractivity (Wildman–Crippen MR) is 144 cm³/mol. The van der Waals surface area contributed by atoms with E-state index in [2.05, 4.69) is 45.8 Å². The Labute approximate surface area is 216 Å². The first kappa shape index (κ1) is 26.6. The van der Waals surface area contributed by atoms with Crippen molar-refractivity contribution in [1.82, 2.24) is 19.5 Å². The average Bonchev–Trinajstić information content (AvgIpc) is 3.23. The van der Waals surface area contributed by atoms with E-state index in [1.54, 1.807) is 12.1 Å². The lowest BCUT2D eigenvalue weighted by molar-refractivity contribution is 0.0546. The zero-order valence-corrected chi connectivity index (χ0v) is 22.1. The average molecular weight is 509 g/mol. The predicted octanol–water partition coefficient (Wildman–Crippen LogP) is 6.62. The summed E-state index contributed by atoms with van der Waals surface area (Å²) in [6, 6.07) is 3.02. The molecule has 1 aliphatic rings. The molecule has 0 saturated carbocycles. The maximum Gasteiger partial charge on any atom is 0.229 e. The first-order chi connectivity index (χ1) is 17.7. The monoisotopic (exact) mass is 508 g/mol. The molecule has 0 unspecified atom stereocenters. The maximum atomic E-state index is 15.0. The second-order valence-electron chi connectivity index (χ2n) is 9.82. The van der Waals surface area contributed by atoms with Crippen molar-refractivity contribution in [3.05, 3.63) is 59.3 Å². The van der Waals surface area contributed by atoms with Gasteiger partial charge in [0.1, 0.15) is 22.9 Å². The quantitative estimate of drug-likeness (QED) is 0.273. The molecule has 7 nitrogen and oxygen atoms in total. The van der Waals surface area contributed by atoms with Crippen LogP contribution in [0.25, 0.3) is 22.3 Å². The van der Waals surface area contributed by atoms with Crippen LogP contribution >= 0.6 is 0 Å². The summed E-state index contributed by atoms with van der Waals surface area (Å²) in [5, 5.41) is 2.99. The minimum atomic E-state index is -0.658. The summed E-state index contributed by atoms with van der Waals surface area (Å²) in [6.45, 7) is 15.4. The van der Waals surface area contributed by atoms with Crippen LogP contribution in [0, 0.1) is 30.4 Å². The largest absolute Gasteiger partial charge is 0.381 e. The van der Waals surface area contributed by atoms with Crippen LogP contribution in [0.2, 0.25) is 0 Å². The number of nitrogens with zero attached hydrogens (tertiary/aromatic N) is 5. The highest BCUT2D eigenvalue weighted by atomic mass is 19.1. The summed E-state index contributed by atoms with van der Waals surface area (Å²) in [7, 11) is 0. The third kappa shape index (κ3) is 5.77. The van der Waals surface area contributed by atoms with E-state index in [0.717, 1.165) is 32.3 Å². The summed E-state index contributed by atoms with van der Waals surface area (Å²) in [4.78, 5) is 16.8. The Morgan fingerprint density at radius 3 is 2.57 bits per heavy atom. The van der Waals surface area contributed by atoms with E-state index in [4.69, 9.17) is 4.74 Å². The molecule has 4 rings (SSSR count). The lowest BCUT2D eigenvalue weighted by atomic mass is 9.83. The van der Waals surface area contributed by atoms with E-state index in [0.29, 0.717) is 34.6 Å². The zero-order valence-electron chi connectivity index (χ0n) is 22.1. The molecule has 0 spiro atoms. The van der Waals surface area contributed by atoms with Crippen LogP contribution in [0.4, 0.5) is 14.7 Å². The van der Waals surface area contributed by atoms with Crippen LogP contribution in [0.5, 0.6) is 0 Å². The molecule has 0 amide bonds. The number of benzene rings is 1. The maximum absolute atomic E-state index is 15.0. The Morgan fingerprint density at radius 1 is 1.16 bits per heavy atom. The van der Waals surface area contributed by atoms with Gasteiger partial charge in [-0.25, -0.2) is 28.7 Å². The first-order valence-electron chi connectivity index (χ1n) is 12.6. The Balaban J connectivity index is 1.62. The number of rotatable bonds is 8. The number of ether oxygens (including phenoxy) is 1. The van der Waals surface area contributed by atoms with E-state index >= 15 is 0 Å². The summed E-state index contributed by atoms with van der Waals surface area (Å²) in [5.41, 5.74) is 2.34. The fourth-order valence-corrected chi connectivity index (χ4v) is 4.89. The number of allylic oxidation sites excluding steroid dienone is 3. The van der Waals surface area contributed by atoms with Gasteiger partial charge < -0.3 is 14.6 Å². The van der Waals surface area contributed by atoms with Crippen LogP contribution < -0.4 is 5.32 Å². The fourth-order valence-electron chi connectivity index (χ4n) is 4.89. The Morgan fingerprint density at radius 2 is 1.89 bits per heavy atom. The number of halogens is 2. The van der Waals surface area contributed by atoms with Gasteiger partial charge in [0.25, 0.3) is 0 Å². The second-order valence-corrected chi connectivity index (χ2v) is 9.82. The summed E-state index contributed by atoms with van der Waals surface area (Å²) in [5.74, 6) is 1.05. The van der Waals surface area contributed by atoms with Crippen LogP contribution in [0.3, 0.4) is 0 Å². The Kier molecular flexibility index (Phi) is 8.12. The van der Waals surface area contributed by atoms with Crippen molar-refractivity contribution in [2.45, 2.75) is 53.5 Å². The Bertz CT molecular complexity index is 1350. The van der Waals surface area contributed by atoms with E-state index < -0.39 is 11.6 Å². The molecule has 0 bridgehead atoms. The van der Waals surface area contributed by atoms with Crippen molar-refractivity contribution in [3.8, 4) is 11.3 Å². The highest BCUT2D eigenvalue weighted by Crippen LogP contribution is 2.31. The normalized spacial score (nSPS) is 16.4. The molecule has 0 radical (unpaired) electrons. The van der Waals surface area contributed by atoms with Crippen molar-refractivity contribution in [2.24, 2.45) is 16.8 Å². The van der Waals surface area contributed by atoms with Crippen LogP contribution in [0.1, 0.15) is 52.4 Å². The molecule has 9 heteroatoms. The number of fused-ring (bicyclic) bond motifs is 1. The summed E-state index contributed by atoms with van der Waals surface area (Å²) < 4.78 is 37.2. The molecule has 37 heavy (non-hydrogen) atoms. The van der Waals surface area contributed by atoms with Crippen LogP contribution in [-0.4, -0.2) is 39.5 Å². The van der Waals surface area contributed by atoms with Gasteiger partial charge >= 0.3 is 0 Å². The van der Waals surface area contributed by atoms with Crippen LogP contribution in [-0.2, 0) is 4.74 Å². The Hall–Kier alpha value is -3.46. The number of nitrogens with one attached hydrogen (secondary N) is 1. The SMILES string of the molecule is C=N/C(=C\C=C(/C)[C@H](C)C1CCOCC1)Nc1ncc(F)c(-c2cc(F)c3nc(C)n(C(C)C)c3c2)n1. The standard InChI is InChI=1S/C28H34F2N6O/c1-16(2)36-19(5)33-27-22(29)13-21(14-24(27)36)26-23(30)15-32-28(35-26)34-25(31-6)8-7-17(3)18(4)20-9-11-37-12-10-20/h7-8,13-16,18,20H,6,9-12H2,1-5H3,(H,32,34,35)/b17-7+,25-8+/t18-/m0/s1. The lowest BCUT2D eigenvalue weighted by Crippen LogP contribution is -2.22. The molecular weight excluding hydrogens is 474 g/mol. The number of aryl methyl sites for hydroxylation is 1. The molecule has 1 fully saturated rings. The minimum absolute atomic E-state index is 0.0178. The third-order valence-corrected chi connectivity index (χ3v) is 7.06. The van der Waals surface area contributed by atoms with E-state index in [9.17, 15) is 8.78 Å². The lowest BCUT2D eigenvalue weighted by Gasteiger charge is -2.28. The minimum Gasteiger partial charge on any atom is -0.381 e. The number of aliphatic imine (C=N–C) groups is 1. The van der Waals surface area contributed by atoms with Crippen molar-refractivity contribution in [1.29, 1.82) is 0 Å². The van der Waals surface area contributed by atoms with Gasteiger partial charge in [0, 0.05) is 24.8 Å². The first-order valence-corrected chi connectivity index (χ1v) is 12.6. The van der Waals surface area contributed by atoms with E-state index in [1.165, 1.54) is 11.6 Å². The highest BCUT2D eigenvalue weighted by molar-refractivity contribution is 5.83. The second kappa shape index (κ2) is 11.3. The van der Waals surface area contributed by atoms with Gasteiger partial charge in [-0.3, -0.25) is 0 Å². The molecule has 1 saturated heterocycles. The highest BCUT2D eigenvalue weighted by Gasteiger charge is 2.21. The van der Waals surface area contributed by atoms with Gasteiger partial charge in [-0.2, -0.15) is 0 Å². The molecule has 3 heterocycles. The molecule has 2 aromatic heterocycles. The van der Waals surface area contributed by atoms with Gasteiger partial charge in [0.2, 0.25) is 5.95 Å². The van der Waals surface area contributed by atoms with Gasteiger partial charge in [0.05, 0.1) is 11.7 Å². The van der Waals surface area contributed by atoms with Gasteiger partial charge in [-0.1, -0.05) is 18.6 Å². The molecular formula is C28H34F2N6O.